The highest BCUT2D eigenvalue weighted by Crippen LogP contribution is 2.28. The molecule has 1 aromatic carbocycles. The normalized spacial score (nSPS) is 10.3. The van der Waals surface area contributed by atoms with E-state index >= 15 is 0 Å². The van der Waals surface area contributed by atoms with Crippen LogP contribution in [-0.4, -0.2) is 24.2 Å². The molecule has 0 saturated carbocycles. The van der Waals surface area contributed by atoms with Crippen molar-refractivity contribution >= 4 is 21.9 Å². The van der Waals surface area contributed by atoms with Gasteiger partial charge in [0.25, 0.3) is 0 Å². The molecule has 0 saturated heterocycles. The van der Waals surface area contributed by atoms with Crippen molar-refractivity contribution in [1.29, 1.82) is 0 Å². The monoisotopic (exact) mass is 339 g/mol. The average Bonchev–Trinajstić information content (AvgIpc) is 2.84. The molecular formula is C14H14BrNO4. The number of ether oxygens (including phenoxy) is 2. The third-order valence-electron chi connectivity index (χ3n) is 2.43. The number of hydrogen-bond donors (Lipinski definition) is 0. The average molecular weight is 340 g/mol. The Hall–Kier alpha value is -1.82. The first-order valence-corrected chi connectivity index (χ1v) is 7.01. The number of carbonyl (C=O) groups is 1. The van der Waals surface area contributed by atoms with Crippen molar-refractivity contribution < 1.29 is 18.7 Å². The first-order chi connectivity index (χ1) is 9.65. The van der Waals surface area contributed by atoms with E-state index in [2.05, 4.69) is 20.9 Å². The Morgan fingerprint density at radius 2 is 1.95 bits per heavy atom. The number of hydrogen-bond acceptors (Lipinski definition) is 5. The van der Waals surface area contributed by atoms with Gasteiger partial charge in [-0.15, -0.1) is 0 Å². The van der Waals surface area contributed by atoms with Crippen LogP contribution in [0.5, 0.6) is 5.95 Å². The van der Waals surface area contributed by atoms with Crippen molar-refractivity contribution in [3.63, 3.8) is 0 Å². The third kappa shape index (κ3) is 3.19. The number of oxazole rings is 1. The molecule has 0 aliphatic rings. The van der Waals surface area contributed by atoms with E-state index in [-0.39, 0.29) is 18.2 Å². The third-order valence-corrected chi connectivity index (χ3v) is 2.96. The standard InChI is InChI=1S/C14H14BrNO4/c1-3-18-13(17)11-14(19-4-2)20-12(16-11)9-5-7-10(15)8-6-9/h5-8H,3-4H2,1-2H3. The number of rotatable bonds is 5. The van der Waals surface area contributed by atoms with E-state index in [0.717, 1.165) is 10.0 Å². The zero-order valence-corrected chi connectivity index (χ0v) is 12.8. The molecule has 5 nitrogen and oxygen atoms in total. The van der Waals surface area contributed by atoms with E-state index in [0.29, 0.717) is 12.5 Å². The predicted octanol–water partition coefficient (Wildman–Crippen LogP) is 3.68. The zero-order chi connectivity index (χ0) is 14.5. The highest BCUT2D eigenvalue weighted by atomic mass is 79.9. The quantitative estimate of drug-likeness (QED) is 0.777. The molecule has 0 radical (unpaired) electrons. The minimum Gasteiger partial charge on any atom is -0.464 e. The lowest BCUT2D eigenvalue weighted by Crippen LogP contribution is -2.07. The van der Waals surface area contributed by atoms with Crippen molar-refractivity contribution in [2.75, 3.05) is 13.2 Å². The van der Waals surface area contributed by atoms with Gasteiger partial charge in [0.1, 0.15) is 0 Å². The topological polar surface area (TPSA) is 61.6 Å². The predicted molar refractivity (Wildman–Crippen MR) is 76.8 cm³/mol. The second-order valence-electron chi connectivity index (χ2n) is 3.82. The minimum atomic E-state index is -0.553. The van der Waals surface area contributed by atoms with Gasteiger partial charge in [0.05, 0.1) is 13.2 Å². The van der Waals surface area contributed by atoms with Crippen LogP contribution in [-0.2, 0) is 4.74 Å². The molecule has 0 N–H and O–H groups in total. The van der Waals surface area contributed by atoms with E-state index in [4.69, 9.17) is 13.9 Å². The molecule has 0 aliphatic heterocycles. The fourth-order valence-corrected chi connectivity index (χ4v) is 1.84. The molecule has 2 aromatic rings. The SMILES string of the molecule is CCOC(=O)c1nc(-c2ccc(Br)cc2)oc1OCC. The Morgan fingerprint density at radius 1 is 1.25 bits per heavy atom. The summed E-state index contributed by atoms with van der Waals surface area (Å²) in [5.74, 6) is -0.143. The van der Waals surface area contributed by atoms with Crippen molar-refractivity contribution in [2.24, 2.45) is 0 Å². The number of nitrogens with zero attached hydrogens (tertiary/aromatic N) is 1. The summed E-state index contributed by atoms with van der Waals surface area (Å²) in [6, 6.07) is 7.40. The highest BCUT2D eigenvalue weighted by molar-refractivity contribution is 9.10. The molecule has 20 heavy (non-hydrogen) atoms. The first-order valence-electron chi connectivity index (χ1n) is 6.22. The van der Waals surface area contributed by atoms with Gasteiger partial charge in [-0.1, -0.05) is 15.9 Å². The van der Waals surface area contributed by atoms with Gasteiger partial charge in [-0.25, -0.2) is 4.79 Å². The van der Waals surface area contributed by atoms with Crippen LogP contribution in [0, 0.1) is 0 Å². The molecule has 0 spiro atoms. The number of aromatic nitrogens is 1. The van der Waals surface area contributed by atoms with E-state index in [9.17, 15) is 4.79 Å². The van der Waals surface area contributed by atoms with Crippen molar-refractivity contribution in [3.05, 3.63) is 34.4 Å². The fraction of sp³-hybridized carbons (Fsp3) is 0.286. The highest BCUT2D eigenvalue weighted by Gasteiger charge is 2.23. The Bertz CT molecular complexity index is 592. The Kier molecular flexibility index (Phi) is 4.79. The van der Waals surface area contributed by atoms with Gasteiger partial charge in [-0.3, -0.25) is 0 Å². The summed E-state index contributed by atoms with van der Waals surface area (Å²) in [6.45, 7) is 4.18. The number of carbonyl (C=O) groups excluding carboxylic acids is 1. The van der Waals surface area contributed by atoms with Crippen molar-refractivity contribution in [3.8, 4) is 17.4 Å². The van der Waals surface area contributed by atoms with E-state index < -0.39 is 5.97 Å². The molecule has 1 heterocycles. The summed E-state index contributed by atoms with van der Waals surface area (Å²) >= 11 is 3.36. The summed E-state index contributed by atoms with van der Waals surface area (Å²) in [6.07, 6.45) is 0. The molecule has 0 fully saturated rings. The number of halogens is 1. The molecule has 6 heteroatoms. The van der Waals surface area contributed by atoms with Gasteiger partial charge < -0.3 is 13.9 Å². The van der Waals surface area contributed by atoms with Crippen LogP contribution in [0.3, 0.4) is 0 Å². The van der Waals surface area contributed by atoms with E-state index in [1.165, 1.54) is 0 Å². The summed E-state index contributed by atoms with van der Waals surface area (Å²) in [4.78, 5) is 16.0. The lowest BCUT2D eigenvalue weighted by atomic mass is 10.2. The van der Waals surface area contributed by atoms with Gasteiger partial charge in [-0.2, -0.15) is 4.98 Å². The second-order valence-corrected chi connectivity index (χ2v) is 4.73. The maximum Gasteiger partial charge on any atom is 0.364 e. The largest absolute Gasteiger partial charge is 0.464 e. The zero-order valence-electron chi connectivity index (χ0n) is 11.2. The molecule has 106 valence electrons. The lowest BCUT2D eigenvalue weighted by Gasteiger charge is -2.00. The molecule has 0 atom stereocenters. The summed E-state index contributed by atoms with van der Waals surface area (Å²) < 4.78 is 16.7. The maximum absolute atomic E-state index is 11.8. The van der Waals surface area contributed by atoms with Crippen LogP contribution in [0.15, 0.2) is 33.2 Å². The van der Waals surface area contributed by atoms with Crippen LogP contribution in [0.1, 0.15) is 24.3 Å². The van der Waals surface area contributed by atoms with Gasteiger partial charge in [0, 0.05) is 10.0 Å². The maximum atomic E-state index is 11.8. The van der Waals surface area contributed by atoms with Crippen LogP contribution < -0.4 is 4.74 Å². The van der Waals surface area contributed by atoms with Crippen LogP contribution in [0.4, 0.5) is 0 Å². The number of esters is 1. The van der Waals surface area contributed by atoms with E-state index in [1.807, 2.05) is 24.3 Å². The van der Waals surface area contributed by atoms with Gasteiger partial charge in [-0.05, 0) is 38.1 Å². The summed E-state index contributed by atoms with van der Waals surface area (Å²) in [5.41, 5.74) is 0.816. The minimum absolute atomic E-state index is 0.0617. The Balaban J connectivity index is 2.37. The van der Waals surface area contributed by atoms with Crippen molar-refractivity contribution in [2.45, 2.75) is 13.8 Å². The molecular weight excluding hydrogens is 326 g/mol. The number of benzene rings is 1. The lowest BCUT2D eigenvalue weighted by molar-refractivity contribution is 0.0512. The fourth-order valence-electron chi connectivity index (χ4n) is 1.58. The van der Waals surface area contributed by atoms with Gasteiger partial charge in [0.15, 0.2) is 0 Å². The van der Waals surface area contributed by atoms with E-state index in [1.54, 1.807) is 13.8 Å². The first kappa shape index (κ1) is 14.6. The van der Waals surface area contributed by atoms with Crippen LogP contribution in [0.25, 0.3) is 11.5 Å². The molecule has 2 rings (SSSR count). The Labute approximate surface area is 125 Å². The van der Waals surface area contributed by atoms with Crippen LogP contribution >= 0.6 is 15.9 Å². The molecule has 0 aliphatic carbocycles. The second kappa shape index (κ2) is 6.56. The summed E-state index contributed by atoms with van der Waals surface area (Å²) in [5, 5.41) is 0. The van der Waals surface area contributed by atoms with Crippen LogP contribution in [0.2, 0.25) is 0 Å². The summed E-state index contributed by atoms with van der Waals surface area (Å²) in [7, 11) is 0. The smallest absolute Gasteiger partial charge is 0.364 e. The molecule has 0 bridgehead atoms. The van der Waals surface area contributed by atoms with Gasteiger partial charge in [0.2, 0.25) is 11.6 Å². The molecule has 0 amide bonds. The molecule has 1 aromatic heterocycles. The van der Waals surface area contributed by atoms with Crippen molar-refractivity contribution in [1.82, 2.24) is 4.98 Å². The van der Waals surface area contributed by atoms with Gasteiger partial charge >= 0.3 is 11.9 Å². The Morgan fingerprint density at radius 3 is 2.55 bits per heavy atom. The molecule has 0 unspecified atom stereocenters.